The van der Waals surface area contributed by atoms with Gasteiger partial charge in [-0.1, -0.05) is 47.1 Å². The summed E-state index contributed by atoms with van der Waals surface area (Å²) in [6.45, 7) is 2.92. The molecule has 3 aromatic rings. The molecule has 0 spiro atoms. The van der Waals surface area contributed by atoms with Crippen molar-refractivity contribution in [2.45, 2.75) is 30.6 Å². The van der Waals surface area contributed by atoms with E-state index in [4.69, 9.17) is 4.52 Å². The van der Waals surface area contributed by atoms with Gasteiger partial charge in [0.25, 0.3) is 0 Å². The van der Waals surface area contributed by atoms with Gasteiger partial charge in [-0.25, -0.2) is 8.42 Å². The zero-order valence-electron chi connectivity index (χ0n) is 15.1. The third kappa shape index (κ3) is 3.65. The van der Waals surface area contributed by atoms with Crippen molar-refractivity contribution in [3.05, 3.63) is 66.1 Å². The first-order valence-corrected chi connectivity index (χ1v) is 10.4. The zero-order valence-corrected chi connectivity index (χ0v) is 15.9. The summed E-state index contributed by atoms with van der Waals surface area (Å²) in [7, 11) is -3.44. The quantitative estimate of drug-likeness (QED) is 0.688. The number of aryl methyl sites for hydroxylation is 1. The first-order chi connectivity index (χ1) is 13.0. The van der Waals surface area contributed by atoms with Crippen LogP contribution in [0.5, 0.6) is 0 Å². The summed E-state index contributed by atoms with van der Waals surface area (Å²) >= 11 is 0. The summed E-state index contributed by atoms with van der Waals surface area (Å²) < 4.78 is 32.5. The van der Waals surface area contributed by atoms with E-state index in [1.54, 1.807) is 24.3 Å². The van der Waals surface area contributed by atoms with E-state index in [-0.39, 0.29) is 5.92 Å². The fourth-order valence-corrected chi connectivity index (χ4v) is 4.88. The summed E-state index contributed by atoms with van der Waals surface area (Å²) in [5, 5.41) is 4.10. The van der Waals surface area contributed by atoms with Gasteiger partial charge in [0.1, 0.15) is 0 Å². The highest BCUT2D eigenvalue weighted by Gasteiger charge is 2.32. The van der Waals surface area contributed by atoms with Crippen molar-refractivity contribution in [1.29, 1.82) is 0 Å². The summed E-state index contributed by atoms with van der Waals surface area (Å²) in [6.07, 6.45) is 1.34. The monoisotopic (exact) mass is 383 g/mol. The number of hydrogen-bond donors (Lipinski definition) is 0. The molecule has 0 saturated carbocycles. The Morgan fingerprint density at radius 2 is 1.78 bits per heavy atom. The Labute approximate surface area is 158 Å². The SMILES string of the molecule is Cc1cccc(-c2noc(C3CCN(S(=O)(=O)c4ccccc4)CC3)n2)c1. The molecule has 0 aliphatic carbocycles. The van der Waals surface area contributed by atoms with Gasteiger partial charge in [0.15, 0.2) is 0 Å². The Morgan fingerprint density at radius 1 is 1.04 bits per heavy atom. The van der Waals surface area contributed by atoms with Gasteiger partial charge in [0.2, 0.25) is 21.7 Å². The molecule has 0 bridgehead atoms. The van der Waals surface area contributed by atoms with Crippen molar-refractivity contribution in [2.24, 2.45) is 0 Å². The molecule has 0 radical (unpaired) electrons. The highest BCUT2D eigenvalue weighted by molar-refractivity contribution is 7.89. The highest BCUT2D eigenvalue weighted by atomic mass is 32.2. The lowest BCUT2D eigenvalue weighted by Gasteiger charge is -2.29. The second-order valence-corrected chi connectivity index (χ2v) is 8.76. The lowest BCUT2D eigenvalue weighted by atomic mass is 9.98. The van der Waals surface area contributed by atoms with Crippen LogP contribution < -0.4 is 0 Å². The van der Waals surface area contributed by atoms with Crippen molar-refractivity contribution in [3.8, 4) is 11.4 Å². The van der Waals surface area contributed by atoms with E-state index in [1.165, 1.54) is 4.31 Å². The Balaban J connectivity index is 1.46. The van der Waals surface area contributed by atoms with Crippen LogP contribution in [0.15, 0.2) is 64.0 Å². The van der Waals surface area contributed by atoms with E-state index in [1.807, 2.05) is 37.3 Å². The van der Waals surface area contributed by atoms with Crippen LogP contribution in [0.4, 0.5) is 0 Å². The Hall–Kier alpha value is -2.51. The minimum Gasteiger partial charge on any atom is -0.339 e. The van der Waals surface area contributed by atoms with Crippen LogP contribution in [-0.4, -0.2) is 36.0 Å². The van der Waals surface area contributed by atoms with Crippen LogP contribution in [0.25, 0.3) is 11.4 Å². The van der Waals surface area contributed by atoms with Crippen LogP contribution in [0.3, 0.4) is 0 Å². The van der Waals surface area contributed by atoms with Gasteiger partial charge in [-0.2, -0.15) is 9.29 Å². The van der Waals surface area contributed by atoms with Crippen LogP contribution >= 0.6 is 0 Å². The van der Waals surface area contributed by atoms with Gasteiger partial charge < -0.3 is 4.52 Å². The molecule has 1 fully saturated rings. The average Bonchev–Trinajstić information content (AvgIpc) is 3.19. The normalized spacial score (nSPS) is 16.5. The Kier molecular flexibility index (Phi) is 4.80. The molecule has 1 aromatic heterocycles. The third-order valence-corrected chi connectivity index (χ3v) is 6.82. The first-order valence-electron chi connectivity index (χ1n) is 9.00. The van der Waals surface area contributed by atoms with Crippen LogP contribution in [-0.2, 0) is 10.0 Å². The molecule has 7 heteroatoms. The van der Waals surface area contributed by atoms with Gasteiger partial charge >= 0.3 is 0 Å². The lowest BCUT2D eigenvalue weighted by molar-refractivity contribution is 0.271. The Morgan fingerprint density at radius 3 is 2.48 bits per heavy atom. The standard InChI is InChI=1S/C20H21N3O3S/c1-15-6-5-7-17(14-15)19-21-20(26-22-19)16-10-12-23(13-11-16)27(24,25)18-8-3-2-4-9-18/h2-9,14,16H,10-13H2,1H3. The van der Waals surface area contributed by atoms with Crippen molar-refractivity contribution in [3.63, 3.8) is 0 Å². The largest absolute Gasteiger partial charge is 0.339 e. The maximum Gasteiger partial charge on any atom is 0.243 e. The fourth-order valence-electron chi connectivity index (χ4n) is 3.39. The predicted octanol–water partition coefficient (Wildman–Crippen LogP) is 3.61. The number of aromatic nitrogens is 2. The second kappa shape index (κ2) is 7.25. The van der Waals surface area contributed by atoms with Gasteiger partial charge in [-0.05, 0) is 38.0 Å². The number of piperidine rings is 1. The van der Waals surface area contributed by atoms with E-state index >= 15 is 0 Å². The number of rotatable bonds is 4. The smallest absolute Gasteiger partial charge is 0.243 e. The summed E-state index contributed by atoms with van der Waals surface area (Å²) in [5.74, 6) is 1.24. The van der Waals surface area contributed by atoms with Gasteiger partial charge in [-0.15, -0.1) is 0 Å². The average molecular weight is 383 g/mol. The fraction of sp³-hybridized carbons (Fsp3) is 0.300. The molecule has 0 N–H and O–H groups in total. The van der Waals surface area contributed by atoms with Crippen molar-refractivity contribution in [2.75, 3.05) is 13.1 Å². The Bertz CT molecular complexity index is 1020. The van der Waals surface area contributed by atoms with Gasteiger partial charge in [-0.3, -0.25) is 0 Å². The predicted molar refractivity (Wildman–Crippen MR) is 102 cm³/mol. The van der Waals surface area contributed by atoms with Crippen LogP contribution in [0, 0.1) is 6.92 Å². The van der Waals surface area contributed by atoms with Gasteiger partial charge in [0.05, 0.1) is 4.90 Å². The summed E-state index contributed by atoms with van der Waals surface area (Å²) in [5.41, 5.74) is 2.06. The van der Waals surface area contributed by atoms with E-state index in [2.05, 4.69) is 10.1 Å². The summed E-state index contributed by atoms with van der Waals surface area (Å²) in [4.78, 5) is 4.88. The number of nitrogens with zero attached hydrogens (tertiary/aromatic N) is 3. The third-order valence-electron chi connectivity index (χ3n) is 4.90. The topological polar surface area (TPSA) is 76.3 Å². The molecule has 140 valence electrons. The molecule has 0 atom stereocenters. The summed E-state index contributed by atoms with van der Waals surface area (Å²) in [6, 6.07) is 16.5. The molecule has 2 aromatic carbocycles. The van der Waals surface area contributed by atoms with Crippen LogP contribution in [0.2, 0.25) is 0 Å². The lowest BCUT2D eigenvalue weighted by Crippen LogP contribution is -2.37. The van der Waals surface area contributed by atoms with E-state index < -0.39 is 10.0 Å². The minimum absolute atomic E-state index is 0.0817. The highest BCUT2D eigenvalue weighted by Crippen LogP contribution is 2.31. The van der Waals surface area contributed by atoms with E-state index in [9.17, 15) is 8.42 Å². The van der Waals surface area contributed by atoms with Crippen molar-refractivity contribution >= 4 is 10.0 Å². The molecule has 2 heterocycles. The first kappa shape index (κ1) is 17.9. The minimum atomic E-state index is -3.44. The molecule has 1 aliphatic heterocycles. The van der Waals surface area contributed by atoms with Gasteiger partial charge in [0, 0.05) is 24.6 Å². The maximum atomic E-state index is 12.7. The molecular weight excluding hydrogens is 362 g/mol. The van der Waals surface area contributed by atoms with Crippen LogP contribution in [0.1, 0.15) is 30.2 Å². The van der Waals surface area contributed by atoms with E-state index in [0.29, 0.717) is 42.5 Å². The molecule has 4 rings (SSSR count). The molecular formula is C20H21N3O3S. The molecule has 0 unspecified atom stereocenters. The van der Waals surface area contributed by atoms with Crippen molar-refractivity contribution < 1.29 is 12.9 Å². The number of benzene rings is 2. The maximum absolute atomic E-state index is 12.7. The number of sulfonamides is 1. The second-order valence-electron chi connectivity index (χ2n) is 6.82. The molecule has 27 heavy (non-hydrogen) atoms. The zero-order chi connectivity index (χ0) is 18.9. The molecule has 0 amide bonds. The molecule has 1 aliphatic rings. The van der Waals surface area contributed by atoms with Crippen molar-refractivity contribution in [1.82, 2.24) is 14.4 Å². The van der Waals surface area contributed by atoms with E-state index in [0.717, 1.165) is 11.1 Å². The molecule has 6 nitrogen and oxygen atoms in total. The molecule has 1 saturated heterocycles. The number of hydrogen-bond acceptors (Lipinski definition) is 5.